The molecule has 1 N–H and O–H groups in total. The van der Waals surface area contributed by atoms with Crippen molar-refractivity contribution in [2.75, 3.05) is 14.2 Å². The van der Waals surface area contributed by atoms with E-state index in [9.17, 15) is 4.79 Å². The zero-order chi connectivity index (χ0) is 23.8. The van der Waals surface area contributed by atoms with Crippen LogP contribution in [0.25, 0.3) is 5.57 Å². The zero-order valence-electron chi connectivity index (χ0n) is 19.3. The summed E-state index contributed by atoms with van der Waals surface area (Å²) in [7, 11) is 3.28. The summed E-state index contributed by atoms with van der Waals surface area (Å²) >= 11 is 0. The molecule has 4 aromatic rings. The van der Waals surface area contributed by atoms with E-state index in [4.69, 9.17) is 9.47 Å². The number of ether oxygens (including phenoxy) is 2. The second kappa shape index (κ2) is 11.0. The molecule has 4 rings (SSSR count). The fourth-order valence-electron chi connectivity index (χ4n) is 3.84. The number of nitrogens with one attached hydrogen (secondary N) is 1. The number of hydrogen-bond acceptors (Lipinski definition) is 3. The standard InChI is InChI=1S/C30H27NO3/c1-33-26-17-13-23(14-18-26)28(22-9-5-3-6-10-22)21-29(32)31-30(24-11-7-4-8-12-24)25-15-19-27(34-2)20-16-25/h3-21,30H,1-2H3,(H,31,32). The largest absolute Gasteiger partial charge is 0.497 e. The minimum absolute atomic E-state index is 0.181. The summed E-state index contributed by atoms with van der Waals surface area (Å²) in [6.45, 7) is 0. The highest BCUT2D eigenvalue weighted by Crippen LogP contribution is 2.27. The van der Waals surface area contributed by atoms with Crippen LogP contribution in [-0.2, 0) is 4.79 Å². The molecule has 4 nitrogen and oxygen atoms in total. The average molecular weight is 450 g/mol. The maximum atomic E-state index is 13.4. The highest BCUT2D eigenvalue weighted by atomic mass is 16.5. The molecule has 0 aliphatic carbocycles. The van der Waals surface area contributed by atoms with Gasteiger partial charge < -0.3 is 14.8 Å². The molecule has 0 radical (unpaired) electrons. The Bertz CT molecular complexity index is 1230. The van der Waals surface area contributed by atoms with Gasteiger partial charge in [0, 0.05) is 6.08 Å². The minimum atomic E-state index is -0.302. The van der Waals surface area contributed by atoms with Gasteiger partial charge in [-0.05, 0) is 52.1 Å². The molecule has 4 heteroatoms. The van der Waals surface area contributed by atoms with Crippen molar-refractivity contribution in [3.63, 3.8) is 0 Å². The Morgan fingerprint density at radius 1 is 0.647 bits per heavy atom. The van der Waals surface area contributed by atoms with Crippen LogP contribution in [0.5, 0.6) is 11.5 Å². The molecule has 170 valence electrons. The van der Waals surface area contributed by atoms with E-state index in [0.717, 1.165) is 39.3 Å². The van der Waals surface area contributed by atoms with Crippen LogP contribution in [-0.4, -0.2) is 20.1 Å². The van der Waals surface area contributed by atoms with Crippen LogP contribution >= 0.6 is 0 Å². The number of rotatable bonds is 8. The van der Waals surface area contributed by atoms with Crippen molar-refractivity contribution in [1.29, 1.82) is 0 Å². The molecule has 0 bridgehead atoms. The summed E-state index contributed by atoms with van der Waals surface area (Å²) < 4.78 is 10.6. The molecule has 0 spiro atoms. The Morgan fingerprint density at radius 2 is 1.12 bits per heavy atom. The highest BCUT2D eigenvalue weighted by molar-refractivity contribution is 5.99. The quantitative estimate of drug-likeness (QED) is 0.334. The van der Waals surface area contributed by atoms with Crippen LogP contribution < -0.4 is 14.8 Å². The summed E-state index contributed by atoms with van der Waals surface area (Å²) in [5.74, 6) is 1.36. The first-order valence-corrected chi connectivity index (χ1v) is 11.1. The van der Waals surface area contributed by atoms with Crippen molar-refractivity contribution >= 4 is 11.5 Å². The monoisotopic (exact) mass is 449 g/mol. The van der Waals surface area contributed by atoms with Crippen LogP contribution in [0.1, 0.15) is 28.3 Å². The molecule has 0 aromatic heterocycles. The van der Waals surface area contributed by atoms with Crippen LogP contribution in [0.4, 0.5) is 0 Å². The van der Waals surface area contributed by atoms with Crippen molar-refractivity contribution in [3.8, 4) is 11.5 Å². The van der Waals surface area contributed by atoms with Crippen molar-refractivity contribution in [2.45, 2.75) is 6.04 Å². The normalized spacial score (nSPS) is 12.0. The number of carbonyl (C=O) groups is 1. The number of benzene rings is 4. The van der Waals surface area contributed by atoms with E-state index in [2.05, 4.69) is 5.32 Å². The van der Waals surface area contributed by atoms with E-state index in [1.54, 1.807) is 20.3 Å². The Labute approximate surface area is 200 Å². The van der Waals surface area contributed by atoms with Crippen molar-refractivity contribution < 1.29 is 14.3 Å². The third-order valence-electron chi connectivity index (χ3n) is 5.63. The fourth-order valence-corrected chi connectivity index (χ4v) is 3.84. The lowest BCUT2D eigenvalue weighted by Crippen LogP contribution is -2.28. The summed E-state index contributed by atoms with van der Waals surface area (Å²) in [5.41, 5.74) is 4.70. The van der Waals surface area contributed by atoms with Gasteiger partial charge in [-0.1, -0.05) is 84.9 Å². The van der Waals surface area contributed by atoms with Gasteiger partial charge in [-0.3, -0.25) is 4.79 Å². The number of hydrogen-bond donors (Lipinski definition) is 1. The molecule has 1 amide bonds. The molecule has 0 saturated carbocycles. The average Bonchev–Trinajstić information content (AvgIpc) is 2.91. The van der Waals surface area contributed by atoms with Gasteiger partial charge in [-0.2, -0.15) is 0 Å². The Kier molecular flexibility index (Phi) is 7.41. The van der Waals surface area contributed by atoms with Crippen LogP contribution in [0, 0.1) is 0 Å². The number of carbonyl (C=O) groups excluding carboxylic acids is 1. The lowest BCUT2D eigenvalue weighted by Gasteiger charge is -2.20. The van der Waals surface area contributed by atoms with E-state index < -0.39 is 0 Å². The van der Waals surface area contributed by atoms with Crippen LogP contribution in [0.2, 0.25) is 0 Å². The van der Waals surface area contributed by atoms with E-state index in [1.165, 1.54) is 0 Å². The summed E-state index contributed by atoms with van der Waals surface area (Å²) in [6.07, 6.45) is 1.66. The SMILES string of the molecule is COc1ccc(C(=CC(=O)NC(c2ccccc2)c2ccc(OC)cc2)c2ccccc2)cc1. The summed E-state index contributed by atoms with van der Waals surface area (Å²) in [6, 6.07) is 35.0. The molecule has 0 heterocycles. The molecule has 1 atom stereocenters. The van der Waals surface area contributed by atoms with Gasteiger partial charge in [0.25, 0.3) is 0 Å². The molecular weight excluding hydrogens is 422 g/mol. The Hall–Kier alpha value is -4.31. The first kappa shape index (κ1) is 22.9. The third kappa shape index (κ3) is 5.54. The predicted molar refractivity (Wildman–Crippen MR) is 136 cm³/mol. The highest BCUT2D eigenvalue weighted by Gasteiger charge is 2.17. The maximum Gasteiger partial charge on any atom is 0.245 e. The van der Waals surface area contributed by atoms with Crippen molar-refractivity contribution in [1.82, 2.24) is 5.32 Å². The van der Waals surface area contributed by atoms with Gasteiger partial charge in [-0.15, -0.1) is 0 Å². The van der Waals surface area contributed by atoms with Gasteiger partial charge in [0.2, 0.25) is 5.91 Å². The van der Waals surface area contributed by atoms with Crippen molar-refractivity contribution in [3.05, 3.63) is 138 Å². The van der Waals surface area contributed by atoms with Gasteiger partial charge in [0.05, 0.1) is 20.3 Å². The smallest absolute Gasteiger partial charge is 0.245 e. The molecular formula is C30H27NO3. The second-order valence-electron chi connectivity index (χ2n) is 7.78. The third-order valence-corrected chi connectivity index (χ3v) is 5.63. The molecule has 1 unspecified atom stereocenters. The topological polar surface area (TPSA) is 47.6 Å². The summed E-state index contributed by atoms with van der Waals surface area (Å²) in [5, 5.41) is 3.20. The predicted octanol–water partition coefficient (Wildman–Crippen LogP) is 6.04. The lowest BCUT2D eigenvalue weighted by molar-refractivity contribution is -0.116. The zero-order valence-corrected chi connectivity index (χ0v) is 19.3. The van der Waals surface area contributed by atoms with Crippen LogP contribution in [0.3, 0.4) is 0 Å². The fraction of sp³-hybridized carbons (Fsp3) is 0.100. The number of methoxy groups -OCH3 is 2. The van der Waals surface area contributed by atoms with E-state index in [1.807, 2.05) is 109 Å². The van der Waals surface area contributed by atoms with Gasteiger partial charge in [0.15, 0.2) is 0 Å². The maximum absolute atomic E-state index is 13.4. The van der Waals surface area contributed by atoms with Gasteiger partial charge >= 0.3 is 0 Å². The molecule has 0 fully saturated rings. The number of amides is 1. The second-order valence-corrected chi connectivity index (χ2v) is 7.78. The first-order chi connectivity index (χ1) is 16.7. The van der Waals surface area contributed by atoms with Gasteiger partial charge in [0.1, 0.15) is 11.5 Å². The Morgan fingerprint density at radius 3 is 1.68 bits per heavy atom. The van der Waals surface area contributed by atoms with E-state index in [0.29, 0.717) is 0 Å². The molecule has 0 aliphatic heterocycles. The molecule has 0 saturated heterocycles. The molecule has 34 heavy (non-hydrogen) atoms. The summed E-state index contributed by atoms with van der Waals surface area (Å²) in [4.78, 5) is 13.4. The van der Waals surface area contributed by atoms with E-state index >= 15 is 0 Å². The minimum Gasteiger partial charge on any atom is -0.497 e. The Balaban J connectivity index is 1.69. The lowest BCUT2D eigenvalue weighted by atomic mass is 9.96. The van der Waals surface area contributed by atoms with Gasteiger partial charge in [-0.25, -0.2) is 0 Å². The van der Waals surface area contributed by atoms with Crippen molar-refractivity contribution in [2.24, 2.45) is 0 Å². The molecule has 4 aromatic carbocycles. The first-order valence-electron chi connectivity index (χ1n) is 11.1. The molecule has 0 aliphatic rings. The van der Waals surface area contributed by atoms with Crippen LogP contribution in [0.15, 0.2) is 115 Å². The van der Waals surface area contributed by atoms with E-state index in [-0.39, 0.29) is 11.9 Å².